The van der Waals surface area contributed by atoms with Gasteiger partial charge in [-0.1, -0.05) is 30.3 Å². The van der Waals surface area contributed by atoms with Crippen LogP contribution in [0.3, 0.4) is 0 Å². The molecule has 0 bridgehead atoms. The molecule has 0 saturated carbocycles. The van der Waals surface area contributed by atoms with E-state index in [1.165, 1.54) is 0 Å². The van der Waals surface area contributed by atoms with Gasteiger partial charge < -0.3 is 10.1 Å². The lowest BCUT2D eigenvalue weighted by atomic mass is 10.1. The Morgan fingerprint density at radius 2 is 1.89 bits per heavy atom. The predicted octanol–water partition coefficient (Wildman–Crippen LogP) is 3.07. The van der Waals surface area contributed by atoms with Crippen molar-refractivity contribution in [3.63, 3.8) is 0 Å². The third-order valence-electron chi connectivity index (χ3n) is 2.56. The molecule has 1 rings (SSSR count). The van der Waals surface area contributed by atoms with Crippen LogP contribution in [-0.4, -0.2) is 18.1 Å². The molecule has 3 nitrogen and oxygen atoms in total. The maximum atomic E-state index is 11.7. The van der Waals surface area contributed by atoms with Crippen LogP contribution < -0.4 is 5.32 Å². The Kier molecular flexibility index (Phi) is 5.35. The summed E-state index contributed by atoms with van der Waals surface area (Å²) in [6.07, 6.45) is 0.211. The van der Waals surface area contributed by atoms with Gasteiger partial charge in [-0.05, 0) is 33.3 Å². The van der Waals surface area contributed by atoms with Gasteiger partial charge in [-0.3, -0.25) is 4.79 Å². The second kappa shape index (κ2) is 6.55. The first kappa shape index (κ1) is 14.7. The third-order valence-corrected chi connectivity index (χ3v) is 2.56. The van der Waals surface area contributed by atoms with Gasteiger partial charge in [0.15, 0.2) is 0 Å². The van der Waals surface area contributed by atoms with Crippen LogP contribution in [0.15, 0.2) is 30.3 Å². The number of hydrogen-bond donors (Lipinski definition) is 1. The third kappa shape index (κ3) is 5.82. The molecule has 0 spiro atoms. The number of ether oxygens (including phenoxy) is 1. The Bertz CT molecular complexity index is 368. The monoisotopic (exact) mass is 249 g/mol. The highest BCUT2D eigenvalue weighted by Crippen LogP contribution is 2.16. The Morgan fingerprint density at radius 3 is 2.44 bits per heavy atom. The summed E-state index contributed by atoms with van der Waals surface area (Å²) in [6, 6.07) is 9.77. The van der Waals surface area contributed by atoms with Crippen molar-refractivity contribution in [1.29, 1.82) is 0 Å². The Hall–Kier alpha value is -1.35. The topological polar surface area (TPSA) is 38.3 Å². The number of nitrogens with one attached hydrogen (secondary N) is 1. The van der Waals surface area contributed by atoms with E-state index in [1.807, 2.05) is 37.3 Å². The van der Waals surface area contributed by atoms with Crippen molar-refractivity contribution in [3.8, 4) is 0 Å². The van der Waals surface area contributed by atoms with Crippen molar-refractivity contribution >= 4 is 5.97 Å². The van der Waals surface area contributed by atoms with Gasteiger partial charge in [-0.15, -0.1) is 0 Å². The lowest BCUT2D eigenvalue weighted by Gasteiger charge is -2.20. The number of carbonyl (C=O) groups is 1. The van der Waals surface area contributed by atoms with Crippen molar-refractivity contribution in [3.05, 3.63) is 35.9 Å². The number of hydrogen-bond acceptors (Lipinski definition) is 3. The van der Waals surface area contributed by atoms with E-state index in [0.29, 0.717) is 13.0 Å². The number of esters is 1. The van der Waals surface area contributed by atoms with Crippen LogP contribution in [0.5, 0.6) is 0 Å². The van der Waals surface area contributed by atoms with E-state index in [9.17, 15) is 4.79 Å². The average molecular weight is 249 g/mol. The first-order valence-electron chi connectivity index (χ1n) is 6.38. The highest BCUT2D eigenvalue weighted by molar-refractivity contribution is 5.69. The Balaban J connectivity index is 2.32. The highest BCUT2D eigenvalue weighted by Gasteiger charge is 2.13. The molecule has 1 aromatic rings. The van der Waals surface area contributed by atoms with Crippen LogP contribution in [0.1, 0.15) is 45.8 Å². The van der Waals surface area contributed by atoms with Gasteiger partial charge in [-0.25, -0.2) is 0 Å². The molecule has 1 atom stereocenters. The summed E-state index contributed by atoms with van der Waals surface area (Å²) in [5, 5.41) is 3.26. The summed E-state index contributed by atoms with van der Waals surface area (Å²) in [6.45, 7) is 8.76. The molecule has 0 aliphatic rings. The fourth-order valence-electron chi connectivity index (χ4n) is 1.59. The van der Waals surface area contributed by atoms with E-state index >= 15 is 0 Å². The minimum atomic E-state index is -0.187. The molecule has 0 aliphatic carbocycles. The zero-order valence-electron chi connectivity index (χ0n) is 11.7. The molecule has 1 N–H and O–H groups in total. The molecule has 18 heavy (non-hydrogen) atoms. The average Bonchev–Trinajstić information content (AvgIpc) is 2.28. The second-order valence-corrected chi connectivity index (χ2v) is 5.47. The van der Waals surface area contributed by atoms with Crippen LogP contribution >= 0.6 is 0 Å². The molecule has 0 radical (unpaired) electrons. The first-order chi connectivity index (χ1) is 8.38. The highest BCUT2D eigenvalue weighted by atomic mass is 16.5. The summed E-state index contributed by atoms with van der Waals surface area (Å²) in [5.74, 6) is -0.164. The molecule has 0 saturated heterocycles. The quantitative estimate of drug-likeness (QED) is 0.815. The molecule has 0 aliphatic heterocycles. The zero-order chi connectivity index (χ0) is 13.6. The minimum Gasteiger partial charge on any atom is -0.458 e. The fraction of sp³-hybridized carbons (Fsp3) is 0.533. The van der Waals surface area contributed by atoms with Crippen LogP contribution in [0.25, 0.3) is 0 Å². The fourth-order valence-corrected chi connectivity index (χ4v) is 1.59. The van der Waals surface area contributed by atoms with Crippen molar-refractivity contribution in [1.82, 2.24) is 5.32 Å². The van der Waals surface area contributed by atoms with Crippen LogP contribution in [0, 0.1) is 0 Å². The minimum absolute atomic E-state index is 0.0331. The largest absolute Gasteiger partial charge is 0.458 e. The van der Waals surface area contributed by atoms with Gasteiger partial charge in [0, 0.05) is 12.1 Å². The smallest absolute Gasteiger partial charge is 0.307 e. The second-order valence-electron chi connectivity index (χ2n) is 5.47. The molecule has 1 unspecified atom stereocenters. The van der Waals surface area contributed by atoms with E-state index < -0.39 is 0 Å². The van der Waals surface area contributed by atoms with Crippen LogP contribution in [-0.2, 0) is 9.53 Å². The van der Waals surface area contributed by atoms with Gasteiger partial charge in [0.25, 0.3) is 0 Å². The summed E-state index contributed by atoms with van der Waals surface area (Å²) in [7, 11) is 0. The molecule has 0 heterocycles. The lowest BCUT2D eigenvalue weighted by Crippen LogP contribution is -2.37. The normalized spacial score (nSPS) is 13.1. The van der Waals surface area contributed by atoms with E-state index in [2.05, 4.69) is 26.1 Å². The maximum absolute atomic E-state index is 11.7. The standard InChI is InChI=1S/C15H23NO2/c1-12(13-8-6-5-7-9-13)18-14(17)10-11-16-15(2,3)4/h5-9,12,16H,10-11H2,1-4H3. The lowest BCUT2D eigenvalue weighted by molar-refractivity contribution is -0.148. The van der Waals surface area contributed by atoms with E-state index in [4.69, 9.17) is 4.74 Å². The van der Waals surface area contributed by atoms with Crippen molar-refractivity contribution in [2.75, 3.05) is 6.54 Å². The number of benzene rings is 1. The Labute approximate surface area is 110 Å². The summed E-state index contributed by atoms with van der Waals surface area (Å²) in [4.78, 5) is 11.7. The summed E-state index contributed by atoms with van der Waals surface area (Å²) in [5.41, 5.74) is 1.06. The van der Waals surface area contributed by atoms with Gasteiger partial charge in [0.2, 0.25) is 0 Å². The zero-order valence-corrected chi connectivity index (χ0v) is 11.7. The molecule has 100 valence electrons. The molecule has 3 heteroatoms. The van der Waals surface area contributed by atoms with E-state index in [1.54, 1.807) is 0 Å². The van der Waals surface area contributed by atoms with Gasteiger partial charge in [0.1, 0.15) is 6.10 Å². The Morgan fingerprint density at radius 1 is 1.28 bits per heavy atom. The molecular weight excluding hydrogens is 226 g/mol. The number of rotatable bonds is 5. The molecule has 1 aromatic carbocycles. The summed E-state index contributed by atoms with van der Waals surface area (Å²) >= 11 is 0. The SMILES string of the molecule is CC(OC(=O)CCNC(C)(C)C)c1ccccc1. The summed E-state index contributed by atoms with van der Waals surface area (Å²) < 4.78 is 5.37. The van der Waals surface area contributed by atoms with E-state index in [-0.39, 0.29) is 17.6 Å². The van der Waals surface area contributed by atoms with Gasteiger partial charge >= 0.3 is 5.97 Å². The molecule has 0 amide bonds. The van der Waals surface area contributed by atoms with Crippen molar-refractivity contribution < 1.29 is 9.53 Å². The van der Waals surface area contributed by atoms with Crippen molar-refractivity contribution in [2.45, 2.75) is 45.8 Å². The van der Waals surface area contributed by atoms with Gasteiger partial charge in [-0.2, -0.15) is 0 Å². The van der Waals surface area contributed by atoms with E-state index in [0.717, 1.165) is 5.56 Å². The van der Waals surface area contributed by atoms with Crippen molar-refractivity contribution in [2.24, 2.45) is 0 Å². The van der Waals surface area contributed by atoms with Gasteiger partial charge in [0.05, 0.1) is 6.42 Å². The van der Waals surface area contributed by atoms with Crippen LogP contribution in [0.2, 0.25) is 0 Å². The maximum Gasteiger partial charge on any atom is 0.307 e. The molecular formula is C15H23NO2. The van der Waals surface area contributed by atoms with Crippen LogP contribution in [0.4, 0.5) is 0 Å². The molecule has 0 aromatic heterocycles. The predicted molar refractivity (Wildman–Crippen MR) is 73.3 cm³/mol. The number of carbonyl (C=O) groups excluding carboxylic acids is 1. The molecule has 0 fully saturated rings. The first-order valence-corrected chi connectivity index (χ1v) is 6.38.